The number of aliphatic carboxylic acids is 1. The van der Waals surface area contributed by atoms with Crippen molar-refractivity contribution in [3.05, 3.63) is 29.8 Å². The van der Waals surface area contributed by atoms with Crippen molar-refractivity contribution >= 4 is 11.9 Å². The molecule has 0 saturated heterocycles. The lowest BCUT2D eigenvalue weighted by Gasteiger charge is -2.17. The van der Waals surface area contributed by atoms with Gasteiger partial charge in [-0.05, 0) is 37.5 Å². The Morgan fingerprint density at radius 1 is 1.40 bits per heavy atom. The van der Waals surface area contributed by atoms with Crippen molar-refractivity contribution in [2.75, 3.05) is 6.61 Å². The minimum absolute atomic E-state index is 0.0378. The van der Waals surface area contributed by atoms with Gasteiger partial charge in [-0.15, -0.1) is 0 Å². The monoisotopic (exact) mass is 279 g/mol. The summed E-state index contributed by atoms with van der Waals surface area (Å²) >= 11 is 0. The SMILES string of the molecule is CCOc1cccc(CC(CCC(=O)O)NC(C)=O)c1. The molecule has 20 heavy (non-hydrogen) atoms. The minimum atomic E-state index is -0.858. The molecule has 0 heterocycles. The summed E-state index contributed by atoms with van der Waals surface area (Å²) in [6, 6.07) is 7.44. The van der Waals surface area contributed by atoms with Gasteiger partial charge in [0.25, 0.3) is 0 Å². The number of carboxylic acids is 1. The Bertz CT molecular complexity index is 459. The number of carbonyl (C=O) groups excluding carboxylic acids is 1. The Balaban J connectivity index is 2.69. The van der Waals surface area contributed by atoms with Crippen LogP contribution in [-0.2, 0) is 16.0 Å². The number of hydrogen-bond donors (Lipinski definition) is 2. The minimum Gasteiger partial charge on any atom is -0.494 e. The number of benzene rings is 1. The zero-order chi connectivity index (χ0) is 15.0. The molecule has 1 aromatic carbocycles. The highest BCUT2D eigenvalue weighted by molar-refractivity contribution is 5.73. The van der Waals surface area contributed by atoms with Crippen LogP contribution in [0.4, 0.5) is 0 Å². The predicted octanol–water partition coefficient (Wildman–Crippen LogP) is 2.00. The highest BCUT2D eigenvalue weighted by Gasteiger charge is 2.13. The largest absolute Gasteiger partial charge is 0.494 e. The van der Waals surface area contributed by atoms with E-state index in [0.717, 1.165) is 11.3 Å². The van der Waals surface area contributed by atoms with E-state index in [1.165, 1.54) is 6.92 Å². The molecule has 0 bridgehead atoms. The second-order valence-corrected chi connectivity index (χ2v) is 4.61. The lowest BCUT2D eigenvalue weighted by Crippen LogP contribution is -2.35. The van der Waals surface area contributed by atoms with Crippen molar-refractivity contribution in [3.63, 3.8) is 0 Å². The normalized spacial score (nSPS) is 11.7. The van der Waals surface area contributed by atoms with E-state index in [4.69, 9.17) is 9.84 Å². The van der Waals surface area contributed by atoms with Gasteiger partial charge in [-0.25, -0.2) is 0 Å². The van der Waals surface area contributed by atoms with E-state index < -0.39 is 5.97 Å². The van der Waals surface area contributed by atoms with E-state index in [2.05, 4.69) is 5.32 Å². The number of carbonyl (C=O) groups is 2. The van der Waals surface area contributed by atoms with Crippen molar-refractivity contribution < 1.29 is 19.4 Å². The molecule has 0 aliphatic carbocycles. The van der Waals surface area contributed by atoms with Gasteiger partial charge in [0, 0.05) is 19.4 Å². The van der Waals surface area contributed by atoms with Crippen LogP contribution in [0.25, 0.3) is 0 Å². The molecular weight excluding hydrogens is 258 g/mol. The molecule has 1 amide bonds. The molecule has 1 aromatic rings. The molecule has 0 radical (unpaired) electrons. The first-order valence-corrected chi connectivity index (χ1v) is 6.72. The maximum Gasteiger partial charge on any atom is 0.303 e. The zero-order valence-electron chi connectivity index (χ0n) is 11.9. The molecule has 5 heteroatoms. The van der Waals surface area contributed by atoms with E-state index in [1.54, 1.807) is 0 Å². The second kappa shape index (κ2) is 8.19. The van der Waals surface area contributed by atoms with Gasteiger partial charge in [0.1, 0.15) is 5.75 Å². The van der Waals surface area contributed by atoms with Crippen LogP contribution in [0.3, 0.4) is 0 Å². The van der Waals surface area contributed by atoms with E-state index in [-0.39, 0.29) is 18.4 Å². The van der Waals surface area contributed by atoms with Gasteiger partial charge in [-0.2, -0.15) is 0 Å². The summed E-state index contributed by atoms with van der Waals surface area (Å²) in [6.07, 6.45) is 1.04. The third kappa shape index (κ3) is 6.22. The van der Waals surface area contributed by atoms with Crippen LogP contribution < -0.4 is 10.1 Å². The van der Waals surface area contributed by atoms with Crippen LogP contribution in [0, 0.1) is 0 Å². The first kappa shape index (κ1) is 16.0. The maximum absolute atomic E-state index is 11.2. The smallest absolute Gasteiger partial charge is 0.303 e. The molecule has 1 rings (SSSR count). The van der Waals surface area contributed by atoms with Gasteiger partial charge >= 0.3 is 5.97 Å². The van der Waals surface area contributed by atoms with Gasteiger partial charge in [0.05, 0.1) is 6.61 Å². The van der Waals surface area contributed by atoms with Crippen molar-refractivity contribution in [3.8, 4) is 5.75 Å². The third-order valence-corrected chi connectivity index (χ3v) is 2.81. The van der Waals surface area contributed by atoms with Crippen LogP contribution in [0.1, 0.15) is 32.3 Å². The van der Waals surface area contributed by atoms with Crippen molar-refractivity contribution in [1.29, 1.82) is 0 Å². The van der Waals surface area contributed by atoms with Crippen LogP contribution in [0.5, 0.6) is 5.75 Å². The summed E-state index contributed by atoms with van der Waals surface area (Å²) in [5.41, 5.74) is 1.01. The van der Waals surface area contributed by atoms with Crippen molar-refractivity contribution in [2.24, 2.45) is 0 Å². The van der Waals surface area contributed by atoms with Crippen LogP contribution in [0.2, 0.25) is 0 Å². The third-order valence-electron chi connectivity index (χ3n) is 2.81. The summed E-state index contributed by atoms with van der Waals surface area (Å²) in [4.78, 5) is 21.8. The van der Waals surface area contributed by atoms with Gasteiger partial charge in [-0.1, -0.05) is 12.1 Å². The Morgan fingerprint density at radius 2 is 2.15 bits per heavy atom. The Kier molecular flexibility index (Phi) is 6.56. The Hall–Kier alpha value is -2.04. The molecule has 0 aromatic heterocycles. The highest BCUT2D eigenvalue weighted by atomic mass is 16.5. The molecule has 110 valence electrons. The van der Waals surface area contributed by atoms with Crippen LogP contribution >= 0.6 is 0 Å². The number of rotatable bonds is 8. The Morgan fingerprint density at radius 3 is 2.75 bits per heavy atom. The second-order valence-electron chi connectivity index (χ2n) is 4.61. The molecule has 5 nitrogen and oxygen atoms in total. The van der Waals surface area contributed by atoms with E-state index in [1.807, 2.05) is 31.2 Å². The van der Waals surface area contributed by atoms with E-state index >= 15 is 0 Å². The molecule has 0 saturated carbocycles. The predicted molar refractivity (Wildman–Crippen MR) is 75.8 cm³/mol. The standard InChI is InChI=1S/C15H21NO4/c1-3-20-14-6-4-5-12(10-14)9-13(16-11(2)17)7-8-15(18)19/h4-6,10,13H,3,7-9H2,1-2H3,(H,16,17)(H,18,19). The molecule has 0 fully saturated rings. The summed E-state index contributed by atoms with van der Waals surface area (Å²) in [7, 11) is 0. The molecule has 0 spiro atoms. The molecule has 1 atom stereocenters. The Labute approximate surface area is 118 Å². The number of amides is 1. The van der Waals surface area contributed by atoms with E-state index in [9.17, 15) is 9.59 Å². The molecular formula is C15H21NO4. The fourth-order valence-electron chi connectivity index (χ4n) is 2.02. The highest BCUT2D eigenvalue weighted by Crippen LogP contribution is 2.16. The number of nitrogens with one attached hydrogen (secondary N) is 1. The van der Waals surface area contributed by atoms with Crippen LogP contribution in [-0.4, -0.2) is 29.6 Å². The van der Waals surface area contributed by atoms with E-state index in [0.29, 0.717) is 19.4 Å². The molecule has 0 aliphatic rings. The average Bonchev–Trinajstić information content (AvgIpc) is 2.36. The summed E-state index contributed by atoms with van der Waals surface area (Å²) in [5.74, 6) is -0.227. The fourth-order valence-corrected chi connectivity index (χ4v) is 2.02. The van der Waals surface area contributed by atoms with Gasteiger partial charge in [0.15, 0.2) is 0 Å². The fraction of sp³-hybridized carbons (Fsp3) is 0.467. The number of ether oxygens (including phenoxy) is 1. The molecule has 1 unspecified atom stereocenters. The first-order chi connectivity index (χ1) is 9.51. The lowest BCUT2D eigenvalue weighted by atomic mass is 10.0. The molecule has 0 aliphatic heterocycles. The summed E-state index contributed by atoms with van der Waals surface area (Å²) < 4.78 is 5.43. The average molecular weight is 279 g/mol. The maximum atomic E-state index is 11.2. The molecule has 2 N–H and O–H groups in total. The van der Waals surface area contributed by atoms with Gasteiger partial charge in [0.2, 0.25) is 5.91 Å². The van der Waals surface area contributed by atoms with Gasteiger partial charge in [-0.3, -0.25) is 9.59 Å². The van der Waals surface area contributed by atoms with Gasteiger partial charge < -0.3 is 15.2 Å². The quantitative estimate of drug-likeness (QED) is 0.763. The zero-order valence-corrected chi connectivity index (χ0v) is 11.9. The lowest BCUT2D eigenvalue weighted by molar-refractivity contribution is -0.137. The van der Waals surface area contributed by atoms with Crippen molar-refractivity contribution in [1.82, 2.24) is 5.32 Å². The topological polar surface area (TPSA) is 75.6 Å². The number of hydrogen-bond acceptors (Lipinski definition) is 3. The first-order valence-electron chi connectivity index (χ1n) is 6.72. The summed E-state index contributed by atoms with van der Waals surface area (Å²) in [6.45, 7) is 3.95. The van der Waals surface area contributed by atoms with Crippen LogP contribution in [0.15, 0.2) is 24.3 Å². The summed E-state index contributed by atoms with van der Waals surface area (Å²) in [5, 5.41) is 11.5. The number of carboxylic acid groups (broad SMARTS) is 1. The van der Waals surface area contributed by atoms with Crippen molar-refractivity contribution in [2.45, 2.75) is 39.2 Å².